The van der Waals surface area contributed by atoms with Gasteiger partial charge in [-0.2, -0.15) is 0 Å². The van der Waals surface area contributed by atoms with Crippen LogP contribution in [0.4, 0.5) is 4.39 Å². The average Bonchev–Trinajstić information content (AvgIpc) is 1.61. The quantitative estimate of drug-likeness (QED) is 0.373. The normalized spacial score (nSPS) is 15.3. The number of hydrogen-bond acceptors (Lipinski definition) is 1. The molecular formula is C5H10FN. The van der Waals surface area contributed by atoms with Crippen LogP contribution < -0.4 is 0 Å². The highest BCUT2D eigenvalue weighted by Gasteiger charge is 1.83. The molecule has 0 heterocycles. The minimum atomic E-state index is -1.03. The fourth-order valence-electron chi connectivity index (χ4n) is 0.251. The molecule has 0 N–H and O–H groups in total. The van der Waals surface area contributed by atoms with E-state index in [0.717, 1.165) is 6.42 Å². The van der Waals surface area contributed by atoms with Crippen LogP contribution in [0.2, 0.25) is 0 Å². The van der Waals surface area contributed by atoms with Gasteiger partial charge in [0.15, 0.2) is 6.30 Å². The molecule has 0 aromatic rings. The molecule has 0 spiro atoms. The highest BCUT2D eigenvalue weighted by molar-refractivity contribution is 5.56. The molecule has 0 aromatic heterocycles. The summed E-state index contributed by atoms with van der Waals surface area (Å²) < 4.78 is 11.7. The van der Waals surface area contributed by atoms with E-state index in [0.29, 0.717) is 0 Å². The first-order valence-corrected chi connectivity index (χ1v) is 2.43. The fourth-order valence-corrected chi connectivity index (χ4v) is 0.251. The molecule has 0 radical (unpaired) electrons. The maximum Gasteiger partial charge on any atom is 0.186 e. The molecule has 0 saturated heterocycles. The minimum Gasteiger partial charge on any atom is -0.262 e. The number of halogens is 1. The van der Waals surface area contributed by atoms with E-state index in [2.05, 4.69) is 4.99 Å². The topological polar surface area (TPSA) is 12.4 Å². The number of alkyl halides is 1. The van der Waals surface area contributed by atoms with Crippen LogP contribution in [0, 0.1) is 0 Å². The zero-order chi connectivity index (χ0) is 5.70. The van der Waals surface area contributed by atoms with Crippen molar-refractivity contribution in [3.05, 3.63) is 0 Å². The van der Waals surface area contributed by atoms with E-state index in [4.69, 9.17) is 0 Å². The van der Waals surface area contributed by atoms with Crippen LogP contribution >= 0.6 is 0 Å². The van der Waals surface area contributed by atoms with Crippen LogP contribution in [0.5, 0.6) is 0 Å². The van der Waals surface area contributed by atoms with Crippen LogP contribution in [-0.4, -0.2) is 12.5 Å². The standard InChI is InChI=1S/C5H10FN/c1-3-4-7-5(2)6/h4-5H,3H2,1-2H3. The lowest BCUT2D eigenvalue weighted by molar-refractivity contribution is 0.377. The Morgan fingerprint density at radius 3 is 2.57 bits per heavy atom. The lowest BCUT2D eigenvalue weighted by atomic mass is 10.5. The van der Waals surface area contributed by atoms with E-state index in [1.54, 1.807) is 6.21 Å². The van der Waals surface area contributed by atoms with E-state index in [1.165, 1.54) is 6.92 Å². The summed E-state index contributed by atoms with van der Waals surface area (Å²) in [5.41, 5.74) is 0. The smallest absolute Gasteiger partial charge is 0.186 e. The number of nitrogens with zero attached hydrogens (tertiary/aromatic N) is 1. The minimum absolute atomic E-state index is 0.814. The third-order valence-electron chi connectivity index (χ3n) is 0.493. The Kier molecular flexibility index (Phi) is 3.56. The zero-order valence-electron chi connectivity index (χ0n) is 4.69. The molecule has 0 fully saturated rings. The average molecular weight is 103 g/mol. The highest BCUT2D eigenvalue weighted by atomic mass is 19.1. The van der Waals surface area contributed by atoms with Gasteiger partial charge in [0.2, 0.25) is 0 Å². The molecule has 0 aromatic carbocycles. The largest absolute Gasteiger partial charge is 0.262 e. The lowest BCUT2D eigenvalue weighted by Crippen LogP contribution is -1.84. The molecule has 0 bridgehead atoms. The van der Waals surface area contributed by atoms with Gasteiger partial charge in [-0.1, -0.05) is 6.92 Å². The third kappa shape index (κ3) is 5.60. The third-order valence-corrected chi connectivity index (χ3v) is 0.493. The molecule has 1 unspecified atom stereocenters. The molecule has 7 heavy (non-hydrogen) atoms. The second kappa shape index (κ2) is 3.78. The molecule has 0 aliphatic rings. The van der Waals surface area contributed by atoms with E-state index < -0.39 is 6.30 Å². The number of aliphatic imine (C=N–C) groups is 1. The van der Waals surface area contributed by atoms with Crippen LogP contribution in [0.15, 0.2) is 4.99 Å². The molecule has 0 rings (SSSR count). The molecule has 42 valence electrons. The monoisotopic (exact) mass is 103 g/mol. The van der Waals surface area contributed by atoms with Crippen molar-refractivity contribution < 1.29 is 4.39 Å². The maximum absolute atomic E-state index is 11.7. The van der Waals surface area contributed by atoms with Crippen molar-refractivity contribution in [3.63, 3.8) is 0 Å². The predicted molar refractivity (Wildman–Crippen MR) is 29.4 cm³/mol. The zero-order valence-corrected chi connectivity index (χ0v) is 4.69. The second-order valence-electron chi connectivity index (χ2n) is 1.31. The summed E-state index contributed by atoms with van der Waals surface area (Å²) in [4.78, 5) is 3.45. The Morgan fingerprint density at radius 2 is 2.43 bits per heavy atom. The molecule has 1 nitrogen and oxygen atoms in total. The summed E-state index contributed by atoms with van der Waals surface area (Å²) in [5.74, 6) is 0. The van der Waals surface area contributed by atoms with Crippen molar-refractivity contribution >= 4 is 6.21 Å². The lowest BCUT2D eigenvalue weighted by Gasteiger charge is -1.85. The predicted octanol–water partition coefficient (Wildman–Crippen LogP) is 1.78. The Labute approximate surface area is 43.3 Å². The van der Waals surface area contributed by atoms with Gasteiger partial charge in [-0.3, -0.25) is 4.99 Å². The number of rotatable bonds is 2. The first-order chi connectivity index (χ1) is 3.27. The first-order valence-electron chi connectivity index (χ1n) is 2.43. The van der Waals surface area contributed by atoms with Gasteiger partial charge in [0.05, 0.1) is 0 Å². The van der Waals surface area contributed by atoms with Crippen molar-refractivity contribution in [1.82, 2.24) is 0 Å². The van der Waals surface area contributed by atoms with Gasteiger partial charge in [-0.05, 0) is 13.3 Å². The SMILES string of the molecule is CCC=NC(C)F. The molecule has 1 atom stereocenters. The molecule has 0 saturated carbocycles. The molecule has 0 amide bonds. The van der Waals surface area contributed by atoms with Crippen LogP contribution in [0.25, 0.3) is 0 Å². The van der Waals surface area contributed by atoms with Crippen LogP contribution in [0.3, 0.4) is 0 Å². The van der Waals surface area contributed by atoms with Crippen molar-refractivity contribution in [1.29, 1.82) is 0 Å². The van der Waals surface area contributed by atoms with E-state index in [-0.39, 0.29) is 0 Å². The van der Waals surface area contributed by atoms with Crippen LogP contribution in [0.1, 0.15) is 20.3 Å². The molecule has 0 aliphatic heterocycles. The van der Waals surface area contributed by atoms with Crippen molar-refractivity contribution in [2.24, 2.45) is 4.99 Å². The van der Waals surface area contributed by atoms with Crippen molar-refractivity contribution in [2.45, 2.75) is 26.6 Å². The molecule has 2 heteroatoms. The Hall–Kier alpha value is -0.400. The first kappa shape index (κ1) is 6.60. The van der Waals surface area contributed by atoms with Gasteiger partial charge in [0, 0.05) is 6.21 Å². The van der Waals surface area contributed by atoms with Gasteiger partial charge in [-0.25, -0.2) is 4.39 Å². The summed E-state index contributed by atoms with van der Waals surface area (Å²) in [5, 5.41) is 0. The van der Waals surface area contributed by atoms with Gasteiger partial charge in [0.1, 0.15) is 0 Å². The van der Waals surface area contributed by atoms with E-state index in [1.807, 2.05) is 6.92 Å². The molecular weight excluding hydrogens is 93.1 g/mol. The van der Waals surface area contributed by atoms with E-state index in [9.17, 15) is 4.39 Å². The number of hydrogen-bond donors (Lipinski definition) is 0. The Balaban J connectivity index is 3.08. The Bertz CT molecular complexity index is 59.1. The second-order valence-corrected chi connectivity index (χ2v) is 1.31. The van der Waals surface area contributed by atoms with Gasteiger partial charge >= 0.3 is 0 Å². The Morgan fingerprint density at radius 1 is 1.86 bits per heavy atom. The van der Waals surface area contributed by atoms with Crippen molar-refractivity contribution in [2.75, 3.05) is 0 Å². The van der Waals surface area contributed by atoms with Gasteiger partial charge < -0.3 is 0 Å². The van der Waals surface area contributed by atoms with Crippen LogP contribution in [-0.2, 0) is 0 Å². The molecule has 0 aliphatic carbocycles. The maximum atomic E-state index is 11.7. The van der Waals surface area contributed by atoms with Crippen molar-refractivity contribution in [3.8, 4) is 0 Å². The summed E-state index contributed by atoms with van der Waals surface area (Å²) in [6.45, 7) is 3.33. The summed E-state index contributed by atoms with van der Waals surface area (Å²) in [7, 11) is 0. The van der Waals surface area contributed by atoms with E-state index >= 15 is 0 Å². The summed E-state index contributed by atoms with van der Waals surface area (Å²) >= 11 is 0. The highest BCUT2D eigenvalue weighted by Crippen LogP contribution is 1.86. The van der Waals surface area contributed by atoms with Gasteiger partial charge in [0.25, 0.3) is 0 Å². The summed E-state index contributed by atoms with van der Waals surface area (Å²) in [6.07, 6.45) is 1.36. The summed E-state index contributed by atoms with van der Waals surface area (Å²) in [6, 6.07) is 0. The fraction of sp³-hybridized carbons (Fsp3) is 0.800. The van der Waals surface area contributed by atoms with Gasteiger partial charge in [-0.15, -0.1) is 0 Å².